The zero-order valence-corrected chi connectivity index (χ0v) is 13.7. The Kier molecular flexibility index (Phi) is 4.63. The first-order chi connectivity index (χ1) is 11.1. The van der Waals surface area contributed by atoms with E-state index in [9.17, 15) is 9.59 Å². The number of benzene rings is 1. The molecule has 2 aliphatic rings. The largest absolute Gasteiger partial charge is 0.479 e. The number of likely N-dealkylation sites (N-methyl/N-ethyl adjacent to an activating group) is 1. The van der Waals surface area contributed by atoms with Crippen molar-refractivity contribution in [2.45, 2.75) is 19.4 Å². The Morgan fingerprint density at radius 3 is 2.83 bits per heavy atom. The van der Waals surface area contributed by atoms with Gasteiger partial charge in [0.15, 0.2) is 11.9 Å². The first kappa shape index (κ1) is 16.0. The molecule has 1 unspecified atom stereocenters. The summed E-state index contributed by atoms with van der Waals surface area (Å²) in [4.78, 5) is 28.3. The van der Waals surface area contributed by atoms with Crippen LogP contribution in [0.5, 0.6) is 5.75 Å². The number of fused-ring (bicyclic) bond motifs is 1. The van der Waals surface area contributed by atoms with Crippen LogP contribution in [-0.2, 0) is 4.79 Å². The van der Waals surface area contributed by atoms with Gasteiger partial charge in [-0.1, -0.05) is 0 Å². The Bertz CT molecular complexity index is 611. The van der Waals surface area contributed by atoms with E-state index < -0.39 is 6.10 Å². The van der Waals surface area contributed by atoms with Gasteiger partial charge in [-0.3, -0.25) is 9.59 Å². The Morgan fingerprint density at radius 1 is 1.35 bits per heavy atom. The van der Waals surface area contributed by atoms with Crippen LogP contribution in [0.3, 0.4) is 0 Å². The van der Waals surface area contributed by atoms with Crippen molar-refractivity contribution >= 4 is 17.4 Å². The van der Waals surface area contributed by atoms with Gasteiger partial charge in [0.1, 0.15) is 5.75 Å². The molecule has 0 aromatic heterocycles. The van der Waals surface area contributed by atoms with Crippen molar-refractivity contribution in [1.82, 2.24) is 10.2 Å². The number of rotatable bonds is 4. The molecular formula is C17H23N3O3. The molecule has 6 nitrogen and oxygen atoms in total. The SMILES string of the molecule is CC1Oc2ccc(C(=O)CCN3CCNCC3)cc2N(C)C1=O. The van der Waals surface area contributed by atoms with E-state index in [2.05, 4.69) is 10.2 Å². The van der Waals surface area contributed by atoms with E-state index >= 15 is 0 Å². The molecule has 1 saturated heterocycles. The molecule has 1 amide bonds. The first-order valence-electron chi connectivity index (χ1n) is 8.11. The van der Waals surface area contributed by atoms with Gasteiger partial charge in [0.2, 0.25) is 0 Å². The van der Waals surface area contributed by atoms with Gasteiger partial charge in [0, 0.05) is 51.8 Å². The summed E-state index contributed by atoms with van der Waals surface area (Å²) in [5.74, 6) is 0.659. The number of Topliss-reactive ketones (excluding diaryl/α,β-unsaturated/α-hetero) is 1. The minimum atomic E-state index is -0.484. The van der Waals surface area contributed by atoms with E-state index in [1.54, 1.807) is 37.1 Å². The zero-order chi connectivity index (χ0) is 16.4. The van der Waals surface area contributed by atoms with Gasteiger partial charge < -0.3 is 19.9 Å². The summed E-state index contributed by atoms with van der Waals surface area (Å²) in [6, 6.07) is 5.33. The minimum Gasteiger partial charge on any atom is -0.479 e. The molecule has 23 heavy (non-hydrogen) atoms. The molecule has 2 aliphatic heterocycles. The summed E-state index contributed by atoms with van der Waals surface area (Å²) in [7, 11) is 1.72. The third-order valence-electron chi connectivity index (χ3n) is 4.49. The van der Waals surface area contributed by atoms with E-state index in [1.165, 1.54) is 0 Å². The van der Waals surface area contributed by atoms with Crippen LogP contribution in [-0.4, -0.2) is 62.5 Å². The Morgan fingerprint density at radius 2 is 2.09 bits per heavy atom. The first-order valence-corrected chi connectivity index (χ1v) is 8.11. The highest BCUT2D eigenvalue weighted by Gasteiger charge is 2.29. The van der Waals surface area contributed by atoms with Crippen molar-refractivity contribution in [3.05, 3.63) is 23.8 Å². The highest BCUT2D eigenvalue weighted by molar-refractivity contribution is 6.02. The maximum absolute atomic E-state index is 12.4. The molecule has 0 bridgehead atoms. The second-order valence-corrected chi connectivity index (χ2v) is 6.10. The van der Waals surface area contributed by atoms with Gasteiger partial charge in [-0.05, 0) is 25.1 Å². The number of nitrogens with zero attached hydrogens (tertiary/aromatic N) is 2. The number of carbonyl (C=O) groups excluding carboxylic acids is 2. The lowest BCUT2D eigenvalue weighted by molar-refractivity contribution is -0.125. The predicted octanol–water partition coefficient (Wildman–Crippen LogP) is 0.908. The van der Waals surface area contributed by atoms with E-state index in [4.69, 9.17) is 4.74 Å². The molecule has 0 radical (unpaired) electrons. The van der Waals surface area contributed by atoms with Crippen LogP contribution >= 0.6 is 0 Å². The molecule has 0 aliphatic carbocycles. The molecule has 1 aromatic rings. The Labute approximate surface area is 136 Å². The molecule has 0 spiro atoms. The summed E-state index contributed by atoms with van der Waals surface area (Å²) in [5.41, 5.74) is 1.30. The standard InChI is InChI=1S/C17H23N3O3/c1-12-17(22)19(2)14-11-13(3-4-16(14)23-12)15(21)5-8-20-9-6-18-7-10-20/h3-4,11-12,18H,5-10H2,1-2H3. The number of piperazine rings is 1. The third kappa shape index (κ3) is 3.38. The van der Waals surface area contributed by atoms with Crippen LogP contribution in [0.15, 0.2) is 18.2 Å². The Balaban J connectivity index is 1.68. The molecular weight excluding hydrogens is 294 g/mol. The highest BCUT2D eigenvalue weighted by atomic mass is 16.5. The van der Waals surface area contributed by atoms with Crippen LogP contribution in [0, 0.1) is 0 Å². The average Bonchev–Trinajstić information content (AvgIpc) is 2.58. The van der Waals surface area contributed by atoms with E-state index in [0.29, 0.717) is 23.4 Å². The summed E-state index contributed by atoms with van der Waals surface area (Å²) in [6.45, 7) is 6.44. The van der Waals surface area contributed by atoms with E-state index in [0.717, 1.165) is 32.7 Å². The van der Waals surface area contributed by atoms with Crippen molar-refractivity contribution < 1.29 is 14.3 Å². The van der Waals surface area contributed by atoms with Gasteiger partial charge in [-0.2, -0.15) is 0 Å². The average molecular weight is 317 g/mol. The maximum Gasteiger partial charge on any atom is 0.267 e. The Hall–Kier alpha value is -1.92. The number of hydrogen-bond donors (Lipinski definition) is 1. The molecule has 1 aromatic carbocycles. The van der Waals surface area contributed by atoms with Gasteiger partial charge in [-0.25, -0.2) is 0 Å². The van der Waals surface area contributed by atoms with Crippen LogP contribution in [0.1, 0.15) is 23.7 Å². The van der Waals surface area contributed by atoms with Crippen molar-refractivity contribution in [2.24, 2.45) is 0 Å². The number of carbonyl (C=O) groups is 2. The summed E-state index contributed by atoms with van der Waals surface area (Å²) >= 11 is 0. The second kappa shape index (κ2) is 6.68. The normalized spacial score (nSPS) is 21.7. The summed E-state index contributed by atoms with van der Waals surface area (Å²) < 4.78 is 5.59. The lowest BCUT2D eigenvalue weighted by Crippen LogP contribution is -2.44. The number of hydrogen-bond acceptors (Lipinski definition) is 5. The number of nitrogens with one attached hydrogen (secondary N) is 1. The van der Waals surface area contributed by atoms with Crippen molar-refractivity contribution in [2.75, 3.05) is 44.7 Å². The topological polar surface area (TPSA) is 61.9 Å². The molecule has 124 valence electrons. The smallest absolute Gasteiger partial charge is 0.267 e. The molecule has 6 heteroatoms. The van der Waals surface area contributed by atoms with Crippen LogP contribution in [0.4, 0.5) is 5.69 Å². The summed E-state index contributed by atoms with van der Waals surface area (Å²) in [5, 5.41) is 3.30. The van der Waals surface area contributed by atoms with Crippen LogP contribution in [0.25, 0.3) is 0 Å². The van der Waals surface area contributed by atoms with Crippen molar-refractivity contribution in [1.29, 1.82) is 0 Å². The lowest BCUT2D eigenvalue weighted by atomic mass is 10.0. The van der Waals surface area contributed by atoms with Crippen molar-refractivity contribution in [3.63, 3.8) is 0 Å². The molecule has 3 rings (SSSR count). The van der Waals surface area contributed by atoms with E-state index in [1.807, 2.05) is 0 Å². The monoisotopic (exact) mass is 317 g/mol. The van der Waals surface area contributed by atoms with Crippen molar-refractivity contribution in [3.8, 4) is 5.75 Å². The van der Waals surface area contributed by atoms with Gasteiger partial charge in [-0.15, -0.1) is 0 Å². The fraction of sp³-hybridized carbons (Fsp3) is 0.529. The molecule has 1 N–H and O–H groups in total. The summed E-state index contributed by atoms with van der Waals surface area (Å²) in [6.07, 6.45) is 0.00928. The maximum atomic E-state index is 12.4. The number of anilines is 1. The van der Waals surface area contributed by atoms with Crippen LogP contribution < -0.4 is 15.0 Å². The fourth-order valence-corrected chi connectivity index (χ4v) is 3.02. The zero-order valence-electron chi connectivity index (χ0n) is 13.7. The number of ether oxygens (including phenoxy) is 1. The molecule has 2 heterocycles. The lowest BCUT2D eigenvalue weighted by Gasteiger charge is -2.30. The molecule has 1 fully saturated rings. The quantitative estimate of drug-likeness (QED) is 0.837. The van der Waals surface area contributed by atoms with Gasteiger partial charge in [0.25, 0.3) is 5.91 Å². The minimum absolute atomic E-state index is 0.0945. The third-order valence-corrected chi connectivity index (χ3v) is 4.49. The molecule has 0 saturated carbocycles. The van der Waals surface area contributed by atoms with Gasteiger partial charge >= 0.3 is 0 Å². The van der Waals surface area contributed by atoms with Gasteiger partial charge in [0.05, 0.1) is 5.69 Å². The predicted molar refractivity (Wildman–Crippen MR) is 88.2 cm³/mol. The van der Waals surface area contributed by atoms with Crippen LogP contribution in [0.2, 0.25) is 0 Å². The highest BCUT2D eigenvalue weighted by Crippen LogP contribution is 2.34. The second-order valence-electron chi connectivity index (χ2n) is 6.10. The number of ketones is 1. The number of amides is 1. The fourth-order valence-electron chi connectivity index (χ4n) is 3.02. The molecule has 1 atom stereocenters. The van der Waals surface area contributed by atoms with E-state index in [-0.39, 0.29) is 11.7 Å².